The summed E-state index contributed by atoms with van der Waals surface area (Å²) in [5, 5.41) is 22.6. The fourth-order valence-corrected chi connectivity index (χ4v) is 3.55. The quantitative estimate of drug-likeness (QED) is 0.336. The summed E-state index contributed by atoms with van der Waals surface area (Å²) in [4.78, 5) is 0. The highest BCUT2D eigenvalue weighted by atomic mass is 16.3. The van der Waals surface area contributed by atoms with Gasteiger partial charge in [-0.25, -0.2) is 0 Å². The molecular weight excluding hydrogens is 356 g/mol. The molecule has 0 aliphatic carbocycles. The van der Waals surface area contributed by atoms with E-state index in [0.29, 0.717) is 17.2 Å². The van der Waals surface area contributed by atoms with Crippen LogP contribution in [-0.4, -0.2) is 10.2 Å². The topological polar surface area (TPSA) is 40.5 Å². The zero-order chi connectivity index (χ0) is 21.4. The Labute approximate surface area is 176 Å². The second kappa shape index (κ2) is 10.9. The van der Waals surface area contributed by atoms with Crippen LogP contribution in [0.15, 0.2) is 59.2 Å². The summed E-state index contributed by atoms with van der Waals surface area (Å²) in [6.45, 7) is 10.6. The Balaban J connectivity index is 1.99. The van der Waals surface area contributed by atoms with Crippen molar-refractivity contribution in [1.29, 1.82) is 0 Å². The molecule has 156 valence electrons. The zero-order valence-electron chi connectivity index (χ0n) is 18.7. The highest BCUT2D eigenvalue weighted by Crippen LogP contribution is 2.39. The lowest BCUT2D eigenvalue weighted by Gasteiger charge is -2.13. The molecule has 2 aromatic carbocycles. The van der Waals surface area contributed by atoms with E-state index in [1.165, 1.54) is 16.7 Å². The Hall–Kier alpha value is -2.48. The molecule has 0 bridgehead atoms. The number of hydrogen-bond donors (Lipinski definition) is 2. The van der Waals surface area contributed by atoms with Crippen LogP contribution in [0.25, 0.3) is 10.8 Å². The Bertz CT molecular complexity index is 929. The van der Waals surface area contributed by atoms with Crippen molar-refractivity contribution in [3.05, 3.63) is 70.3 Å². The largest absolute Gasteiger partial charge is 0.507 e. The van der Waals surface area contributed by atoms with Crippen molar-refractivity contribution < 1.29 is 10.2 Å². The lowest BCUT2D eigenvalue weighted by molar-refractivity contribution is 0.461. The number of allylic oxidation sites excluding steroid dienone is 6. The van der Waals surface area contributed by atoms with Crippen molar-refractivity contribution in [1.82, 2.24) is 0 Å². The van der Waals surface area contributed by atoms with E-state index < -0.39 is 0 Å². The van der Waals surface area contributed by atoms with Crippen molar-refractivity contribution in [3.8, 4) is 11.5 Å². The normalized spacial score (nSPS) is 13.3. The molecule has 0 saturated carbocycles. The molecule has 0 unspecified atom stereocenters. The molecule has 0 saturated heterocycles. The van der Waals surface area contributed by atoms with Crippen LogP contribution in [0, 0.1) is 6.92 Å². The highest BCUT2D eigenvalue weighted by molar-refractivity contribution is 5.95. The number of hydrogen-bond acceptors (Lipinski definition) is 2. The van der Waals surface area contributed by atoms with Crippen LogP contribution in [0.3, 0.4) is 0 Å². The van der Waals surface area contributed by atoms with Gasteiger partial charge in [0.1, 0.15) is 11.5 Å². The van der Waals surface area contributed by atoms with E-state index in [9.17, 15) is 10.2 Å². The van der Waals surface area contributed by atoms with E-state index in [2.05, 4.69) is 45.9 Å². The van der Waals surface area contributed by atoms with Crippen molar-refractivity contribution in [3.63, 3.8) is 0 Å². The van der Waals surface area contributed by atoms with Gasteiger partial charge in [0, 0.05) is 16.3 Å². The maximum atomic E-state index is 10.7. The molecule has 0 atom stereocenters. The minimum Gasteiger partial charge on any atom is -0.507 e. The lowest BCUT2D eigenvalue weighted by Crippen LogP contribution is -1.92. The van der Waals surface area contributed by atoms with Crippen LogP contribution in [-0.2, 0) is 6.42 Å². The SMILES string of the molecule is CC/C(C)=C/CC/C(C)=C/CC/C(C)=C/Cc1c(C)c(O)c2ccccc2c1O. The number of aromatic hydroxyl groups is 2. The molecule has 0 fully saturated rings. The van der Waals surface area contributed by atoms with E-state index in [4.69, 9.17) is 0 Å². The van der Waals surface area contributed by atoms with Gasteiger partial charge in [-0.3, -0.25) is 0 Å². The number of benzene rings is 2. The average molecular weight is 393 g/mol. The van der Waals surface area contributed by atoms with Crippen molar-refractivity contribution in [2.45, 2.75) is 73.1 Å². The second-order valence-corrected chi connectivity index (χ2v) is 8.13. The third-order valence-corrected chi connectivity index (χ3v) is 5.81. The molecule has 2 aromatic rings. The van der Waals surface area contributed by atoms with Gasteiger partial charge in [0.2, 0.25) is 0 Å². The molecular formula is C27H36O2. The molecule has 2 heteroatoms. The number of fused-ring (bicyclic) bond motifs is 1. The summed E-state index contributed by atoms with van der Waals surface area (Å²) in [5.41, 5.74) is 5.80. The summed E-state index contributed by atoms with van der Waals surface area (Å²) in [6, 6.07) is 7.46. The van der Waals surface area contributed by atoms with Gasteiger partial charge >= 0.3 is 0 Å². The molecule has 2 rings (SSSR count). The van der Waals surface area contributed by atoms with Crippen molar-refractivity contribution in [2.75, 3.05) is 0 Å². The number of phenols is 2. The molecule has 0 heterocycles. The predicted molar refractivity (Wildman–Crippen MR) is 126 cm³/mol. The second-order valence-electron chi connectivity index (χ2n) is 8.13. The zero-order valence-corrected chi connectivity index (χ0v) is 18.7. The van der Waals surface area contributed by atoms with Gasteiger partial charge in [-0.15, -0.1) is 0 Å². The van der Waals surface area contributed by atoms with E-state index in [0.717, 1.165) is 43.2 Å². The van der Waals surface area contributed by atoms with Crippen molar-refractivity contribution in [2.24, 2.45) is 0 Å². The standard InChI is InChI=1S/C27H36O2/c1-6-19(2)11-9-12-20(3)13-10-14-21(4)17-18-23-22(5)26(28)24-15-7-8-16-25(24)27(23)29/h7-8,11,13,15-17,28-29H,6,9-10,12,14,18H2,1-5H3/b19-11+,20-13+,21-17+. The molecule has 2 nitrogen and oxygen atoms in total. The molecule has 0 aliphatic heterocycles. The highest BCUT2D eigenvalue weighted by Gasteiger charge is 2.14. The average Bonchev–Trinajstić information content (AvgIpc) is 2.72. The van der Waals surface area contributed by atoms with Gasteiger partial charge in [-0.1, -0.05) is 66.1 Å². The predicted octanol–water partition coefficient (Wildman–Crippen LogP) is 7.91. The first-order chi connectivity index (χ1) is 13.8. The van der Waals surface area contributed by atoms with Crippen LogP contribution in [0.5, 0.6) is 11.5 Å². The minimum atomic E-state index is 0.269. The molecule has 0 aliphatic rings. The number of phenolic OH excluding ortho intramolecular Hbond substituents is 2. The molecule has 2 N–H and O–H groups in total. The van der Waals surface area contributed by atoms with Crippen molar-refractivity contribution >= 4 is 10.8 Å². The van der Waals surface area contributed by atoms with Gasteiger partial charge in [-0.05, 0) is 71.8 Å². The molecule has 0 aromatic heterocycles. The molecule has 0 spiro atoms. The van der Waals surface area contributed by atoms with Crippen LogP contribution < -0.4 is 0 Å². The Kier molecular flexibility index (Phi) is 8.57. The first-order valence-corrected chi connectivity index (χ1v) is 10.7. The molecule has 0 radical (unpaired) electrons. The van der Waals surface area contributed by atoms with Crippen LogP contribution in [0.2, 0.25) is 0 Å². The lowest BCUT2D eigenvalue weighted by atomic mass is 9.95. The van der Waals surface area contributed by atoms with E-state index in [-0.39, 0.29) is 11.5 Å². The van der Waals surface area contributed by atoms with E-state index in [1.54, 1.807) is 0 Å². The van der Waals surface area contributed by atoms with Crippen LogP contribution in [0.1, 0.15) is 70.9 Å². The Morgan fingerprint density at radius 2 is 1.31 bits per heavy atom. The maximum absolute atomic E-state index is 10.7. The third-order valence-electron chi connectivity index (χ3n) is 5.81. The molecule has 29 heavy (non-hydrogen) atoms. The van der Waals surface area contributed by atoms with Crippen LogP contribution in [0.4, 0.5) is 0 Å². The van der Waals surface area contributed by atoms with Gasteiger partial charge < -0.3 is 10.2 Å². The van der Waals surface area contributed by atoms with Crippen LogP contribution >= 0.6 is 0 Å². The summed E-state index contributed by atoms with van der Waals surface area (Å²) in [6.07, 6.45) is 12.9. The maximum Gasteiger partial charge on any atom is 0.127 e. The van der Waals surface area contributed by atoms with Gasteiger partial charge in [0.05, 0.1) is 0 Å². The summed E-state index contributed by atoms with van der Waals surface area (Å²) in [7, 11) is 0. The monoisotopic (exact) mass is 392 g/mol. The first kappa shape index (κ1) is 22.8. The fraction of sp³-hybridized carbons (Fsp3) is 0.407. The Morgan fingerprint density at radius 3 is 1.90 bits per heavy atom. The van der Waals surface area contributed by atoms with E-state index in [1.807, 2.05) is 31.2 Å². The first-order valence-electron chi connectivity index (χ1n) is 10.7. The van der Waals surface area contributed by atoms with Gasteiger partial charge in [0.25, 0.3) is 0 Å². The summed E-state index contributed by atoms with van der Waals surface area (Å²) >= 11 is 0. The third kappa shape index (κ3) is 6.25. The fourth-order valence-electron chi connectivity index (χ4n) is 3.55. The number of rotatable bonds is 9. The molecule has 0 amide bonds. The summed E-state index contributed by atoms with van der Waals surface area (Å²) < 4.78 is 0. The Morgan fingerprint density at radius 1 is 0.793 bits per heavy atom. The van der Waals surface area contributed by atoms with E-state index >= 15 is 0 Å². The van der Waals surface area contributed by atoms with Gasteiger partial charge in [-0.2, -0.15) is 0 Å². The van der Waals surface area contributed by atoms with Gasteiger partial charge in [0.15, 0.2) is 0 Å². The smallest absolute Gasteiger partial charge is 0.127 e. The summed E-state index contributed by atoms with van der Waals surface area (Å²) in [5.74, 6) is 0.552. The minimum absolute atomic E-state index is 0.269.